The van der Waals surface area contributed by atoms with Gasteiger partial charge in [-0.2, -0.15) is 0 Å². The van der Waals surface area contributed by atoms with Crippen LogP contribution in [0.15, 0.2) is 23.2 Å². The number of carbonyl (C=O) groups is 1. The summed E-state index contributed by atoms with van der Waals surface area (Å²) in [6, 6.07) is 5.85. The van der Waals surface area contributed by atoms with Gasteiger partial charge in [-0.15, -0.1) is 0 Å². The number of piperazine rings is 1. The summed E-state index contributed by atoms with van der Waals surface area (Å²) in [7, 11) is 5.03. The predicted octanol–water partition coefficient (Wildman–Crippen LogP) is 1.10. The van der Waals surface area contributed by atoms with Crippen molar-refractivity contribution in [1.82, 2.24) is 15.1 Å². The first kappa shape index (κ1) is 20.3. The van der Waals surface area contributed by atoms with E-state index >= 15 is 0 Å². The SMILES string of the molecule is CN=C(NCc1ccc(OC)c(OC)c1)N1CCN(C(=O)C2CCCO2)CC1. The minimum absolute atomic E-state index is 0.130. The highest BCUT2D eigenvalue weighted by atomic mass is 16.5. The Hall–Kier alpha value is -2.48. The summed E-state index contributed by atoms with van der Waals surface area (Å²) in [6.07, 6.45) is 1.57. The minimum atomic E-state index is -0.242. The van der Waals surface area contributed by atoms with E-state index in [0.717, 1.165) is 37.5 Å². The molecule has 0 spiro atoms. The number of carbonyl (C=O) groups excluding carboxylic acids is 1. The van der Waals surface area contributed by atoms with Gasteiger partial charge in [-0.05, 0) is 30.5 Å². The maximum Gasteiger partial charge on any atom is 0.251 e. The molecule has 0 radical (unpaired) electrons. The fourth-order valence-electron chi connectivity index (χ4n) is 3.62. The van der Waals surface area contributed by atoms with Crippen molar-refractivity contribution in [3.63, 3.8) is 0 Å². The first-order valence-corrected chi connectivity index (χ1v) is 9.73. The van der Waals surface area contributed by atoms with Crippen LogP contribution in [-0.2, 0) is 16.1 Å². The van der Waals surface area contributed by atoms with E-state index in [0.29, 0.717) is 37.7 Å². The van der Waals surface area contributed by atoms with Crippen molar-refractivity contribution in [3.8, 4) is 11.5 Å². The molecule has 3 rings (SSSR count). The third-order valence-corrected chi connectivity index (χ3v) is 5.21. The van der Waals surface area contributed by atoms with Gasteiger partial charge < -0.3 is 29.3 Å². The van der Waals surface area contributed by atoms with Crippen LogP contribution in [0.3, 0.4) is 0 Å². The fraction of sp³-hybridized carbons (Fsp3) is 0.600. The van der Waals surface area contributed by atoms with Crippen LogP contribution in [0.4, 0.5) is 0 Å². The van der Waals surface area contributed by atoms with Crippen molar-refractivity contribution in [2.24, 2.45) is 4.99 Å². The standard InChI is InChI=1S/C20H30N4O4/c1-21-20(22-14-15-6-7-16(26-2)18(13-15)27-3)24-10-8-23(9-11-24)19(25)17-5-4-12-28-17/h6-7,13,17H,4-5,8-12,14H2,1-3H3,(H,21,22). The number of rotatable bonds is 5. The van der Waals surface area contributed by atoms with Gasteiger partial charge in [0.05, 0.1) is 14.2 Å². The van der Waals surface area contributed by atoms with Crippen molar-refractivity contribution >= 4 is 11.9 Å². The number of hydrogen-bond acceptors (Lipinski definition) is 5. The summed E-state index contributed by atoms with van der Waals surface area (Å²) in [5, 5.41) is 3.39. The zero-order valence-electron chi connectivity index (χ0n) is 16.9. The molecule has 1 aromatic carbocycles. The molecular formula is C20H30N4O4. The second-order valence-corrected chi connectivity index (χ2v) is 6.90. The van der Waals surface area contributed by atoms with Crippen molar-refractivity contribution in [2.75, 3.05) is 54.1 Å². The van der Waals surface area contributed by atoms with Gasteiger partial charge in [0.15, 0.2) is 17.5 Å². The summed E-state index contributed by atoms with van der Waals surface area (Å²) in [5.41, 5.74) is 1.07. The fourth-order valence-corrected chi connectivity index (χ4v) is 3.62. The topological polar surface area (TPSA) is 75.6 Å². The van der Waals surface area contributed by atoms with E-state index in [9.17, 15) is 4.79 Å². The number of amides is 1. The van der Waals surface area contributed by atoms with Gasteiger partial charge in [-0.3, -0.25) is 9.79 Å². The molecule has 1 aromatic rings. The monoisotopic (exact) mass is 390 g/mol. The second kappa shape index (κ2) is 9.64. The summed E-state index contributed by atoms with van der Waals surface area (Å²) in [5.74, 6) is 2.38. The average Bonchev–Trinajstić information content (AvgIpc) is 3.29. The molecule has 28 heavy (non-hydrogen) atoms. The van der Waals surface area contributed by atoms with E-state index in [1.807, 2.05) is 23.1 Å². The Labute approximate surface area is 166 Å². The van der Waals surface area contributed by atoms with E-state index in [-0.39, 0.29) is 12.0 Å². The lowest BCUT2D eigenvalue weighted by Crippen LogP contribution is -2.55. The number of guanidine groups is 1. The summed E-state index contributed by atoms with van der Waals surface area (Å²) < 4.78 is 16.2. The smallest absolute Gasteiger partial charge is 0.251 e. The molecule has 2 fully saturated rings. The number of nitrogens with one attached hydrogen (secondary N) is 1. The number of methoxy groups -OCH3 is 2. The first-order chi connectivity index (χ1) is 13.7. The molecule has 1 N–H and O–H groups in total. The van der Waals surface area contributed by atoms with E-state index < -0.39 is 0 Å². The van der Waals surface area contributed by atoms with E-state index in [4.69, 9.17) is 14.2 Å². The van der Waals surface area contributed by atoms with E-state index in [2.05, 4.69) is 15.2 Å². The molecule has 0 saturated carbocycles. The Morgan fingerprint density at radius 3 is 2.50 bits per heavy atom. The van der Waals surface area contributed by atoms with Gasteiger partial charge >= 0.3 is 0 Å². The molecule has 1 atom stereocenters. The first-order valence-electron chi connectivity index (χ1n) is 9.73. The highest BCUT2D eigenvalue weighted by Crippen LogP contribution is 2.27. The lowest BCUT2D eigenvalue weighted by molar-refractivity contribution is -0.142. The van der Waals surface area contributed by atoms with Crippen LogP contribution >= 0.6 is 0 Å². The van der Waals surface area contributed by atoms with Gasteiger partial charge in [0.2, 0.25) is 0 Å². The van der Waals surface area contributed by atoms with Gasteiger partial charge in [-0.25, -0.2) is 0 Å². The van der Waals surface area contributed by atoms with E-state index in [1.54, 1.807) is 21.3 Å². The Balaban J connectivity index is 1.51. The maximum atomic E-state index is 12.5. The Kier molecular flexibility index (Phi) is 6.97. The second-order valence-electron chi connectivity index (χ2n) is 6.90. The molecule has 2 aliphatic heterocycles. The molecule has 0 bridgehead atoms. The van der Waals surface area contributed by atoms with Crippen molar-refractivity contribution in [2.45, 2.75) is 25.5 Å². The molecule has 154 valence electrons. The highest BCUT2D eigenvalue weighted by Gasteiger charge is 2.30. The Morgan fingerprint density at radius 2 is 1.89 bits per heavy atom. The largest absolute Gasteiger partial charge is 0.493 e. The number of aliphatic imine (C=N–C) groups is 1. The zero-order valence-corrected chi connectivity index (χ0v) is 16.9. The molecule has 2 heterocycles. The predicted molar refractivity (Wildman–Crippen MR) is 107 cm³/mol. The number of nitrogens with zero attached hydrogens (tertiary/aromatic N) is 3. The summed E-state index contributed by atoms with van der Waals surface area (Å²) >= 11 is 0. The third-order valence-electron chi connectivity index (χ3n) is 5.21. The zero-order chi connectivity index (χ0) is 19.9. The van der Waals surface area contributed by atoms with Crippen LogP contribution in [-0.4, -0.2) is 81.8 Å². The molecule has 1 unspecified atom stereocenters. The van der Waals surface area contributed by atoms with Crippen LogP contribution < -0.4 is 14.8 Å². The van der Waals surface area contributed by atoms with Crippen molar-refractivity contribution in [1.29, 1.82) is 0 Å². The molecule has 0 aromatic heterocycles. The average molecular weight is 390 g/mol. The molecule has 0 aliphatic carbocycles. The van der Waals surface area contributed by atoms with Crippen molar-refractivity contribution < 1.29 is 19.0 Å². The molecule has 8 nitrogen and oxygen atoms in total. The highest BCUT2D eigenvalue weighted by molar-refractivity contribution is 5.82. The van der Waals surface area contributed by atoms with Crippen molar-refractivity contribution in [3.05, 3.63) is 23.8 Å². The number of ether oxygens (including phenoxy) is 3. The molecule has 1 amide bonds. The minimum Gasteiger partial charge on any atom is -0.493 e. The van der Waals surface area contributed by atoms with Gasteiger partial charge in [0.25, 0.3) is 5.91 Å². The Morgan fingerprint density at radius 1 is 1.18 bits per heavy atom. The maximum absolute atomic E-state index is 12.5. The quantitative estimate of drug-likeness (QED) is 0.600. The van der Waals surface area contributed by atoms with Crippen LogP contribution in [0, 0.1) is 0 Å². The lowest BCUT2D eigenvalue weighted by Gasteiger charge is -2.37. The summed E-state index contributed by atoms with van der Waals surface area (Å²) in [4.78, 5) is 21.0. The molecule has 2 aliphatic rings. The molecule has 8 heteroatoms. The summed E-state index contributed by atoms with van der Waals surface area (Å²) in [6.45, 7) is 4.21. The van der Waals surface area contributed by atoms with Crippen LogP contribution in [0.1, 0.15) is 18.4 Å². The van der Waals surface area contributed by atoms with Gasteiger partial charge in [-0.1, -0.05) is 6.07 Å². The van der Waals surface area contributed by atoms with Gasteiger partial charge in [0, 0.05) is 46.4 Å². The lowest BCUT2D eigenvalue weighted by atomic mass is 10.2. The Bertz CT molecular complexity index is 695. The third kappa shape index (κ3) is 4.67. The number of hydrogen-bond donors (Lipinski definition) is 1. The van der Waals surface area contributed by atoms with E-state index in [1.165, 1.54) is 0 Å². The molecular weight excluding hydrogens is 360 g/mol. The van der Waals surface area contributed by atoms with Crippen LogP contribution in [0.2, 0.25) is 0 Å². The molecule has 2 saturated heterocycles. The normalized spacial score (nSPS) is 20.2. The van der Waals surface area contributed by atoms with Crippen LogP contribution in [0.25, 0.3) is 0 Å². The van der Waals surface area contributed by atoms with Crippen LogP contribution in [0.5, 0.6) is 11.5 Å². The van der Waals surface area contributed by atoms with Gasteiger partial charge in [0.1, 0.15) is 6.10 Å². The number of benzene rings is 1.